The van der Waals surface area contributed by atoms with E-state index in [-0.39, 0.29) is 17.4 Å². The van der Waals surface area contributed by atoms with Crippen LogP contribution in [0, 0.1) is 0 Å². The molecule has 0 radical (unpaired) electrons. The van der Waals surface area contributed by atoms with Crippen molar-refractivity contribution in [2.75, 3.05) is 4.90 Å². The number of rotatable bonds is 3. The van der Waals surface area contributed by atoms with E-state index >= 15 is 0 Å². The van der Waals surface area contributed by atoms with Crippen LogP contribution >= 0.6 is 0 Å². The number of nitrogens with zero attached hydrogens (tertiary/aromatic N) is 1. The molecule has 1 amide bonds. The highest BCUT2D eigenvalue weighted by Gasteiger charge is 2.52. The van der Waals surface area contributed by atoms with E-state index in [4.69, 9.17) is 0 Å². The zero-order valence-electron chi connectivity index (χ0n) is 16.1. The van der Waals surface area contributed by atoms with Crippen molar-refractivity contribution >= 4 is 11.6 Å². The second kappa shape index (κ2) is 6.78. The quantitative estimate of drug-likeness (QED) is 0.512. The number of phenolic OH excluding ortho intramolecular Hbond substituents is 2. The zero-order chi connectivity index (χ0) is 20.7. The number of carbonyl (C=O) groups is 1. The molecule has 0 fully saturated rings. The first-order valence-electron chi connectivity index (χ1n) is 9.70. The lowest BCUT2D eigenvalue weighted by atomic mass is 9.76. The third-order valence-electron chi connectivity index (χ3n) is 5.67. The van der Waals surface area contributed by atoms with Gasteiger partial charge in [0, 0.05) is 11.3 Å². The number of hydrogen-bond acceptors (Lipinski definition) is 3. The maximum atomic E-state index is 13.7. The van der Waals surface area contributed by atoms with Crippen LogP contribution in [-0.2, 0) is 5.54 Å². The number of hydrogen-bond donors (Lipinski definition) is 2. The minimum Gasteiger partial charge on any atom is -0.508 e. The van der Waals surface area contributed by atoms with Gasteiger partial charge < -0.3 is 10.2 Å². The molecule has 1 heterocycles. The molecule has 4 aromatic carbocycles. The number of fused-ring (bicyclic) bond motifs is 1. The Balaban J connectivity index is 1.91. The molecule has 0 aromatic heterocycles. The molecule has 0 aliphatic carbocycles. The van der Waals surface area contributed by atoms with E-state index in [0.29, 0.717) is 5.56 Å². The summed E-state index contributed by atoms with van der Waals surface area (Å²) in [7, 11) is 0. The molecule has 4 aromatic rings. The predicted molar refractivity (Wildman–Crippen MR) is 116 cm³/mol. The summed E-state index contributed by atoms with van der Waals surface area (Å²) in [6.45, 7) is 0. The van der Waals surface area contributed by atoms with Crippen LogP contribution in [0.2, 0.25) is 0 Å². The van der Waals surface area contributed by atoms with Gasteiger partial charge in [-0.2, -0.15) is 0 Å². The minimum absolute atomic E-state index is 0.0991. The lowest BCUT2D eigenvalue weighted by Crippen LogP contribution is -2.46. The molecule has 4 nitrogen and oxygen atoms in total. The highest BCUT2D eigenvalue weighted by Crippen LogP contribution is 2.51. The number of para-hydroxylation sites is 1. The summed E-state index contributed by atoms with van der Waals surface area (Å²) in [4.78, 5) is 15.5. The van der Waals surface area contributed by atoms with Crippen LogP contribution in [0.1, 0.15) is 27.0 Å². The van der Waals surface area contributed by atoms with Crippen molar-refractivity contribution < 1.29 is 15.0 Å². The second-order valence-corrected chi connectivity index (χ2v) is 7.33. The van der Waals surface area contributed by atoms with Gasteiger partial charge >= 0.3 is 0 Å². The predicted octanol–water partition coefficient (Wildman–Crippen LogP) is 5.05. The van der Waals surface area contributed by atoms with Gasteiger partial charge in [0.15, 0.2) is 0 Å². The lowest BCUT2D eigenvalue weighted by Gasteiger charge is -2.40. The van der Waals surface area contributed by atoms with Crippen molar-refractivity contribution in [2.24, 2.45) is 0 Å². The zero-order valence-corrected chi connectivity index (χ0v) is 16.1. The van der Waals surface area contributed by atoms with E-state index in [1.165, 1.54) is 0 Å². The first kappa shape index (κ1) is 18.0. The molecule has 0 bridgehead atoms. The van der Waals surface area contributed by atoms with Gasteiger partial charge in [0.25, 0.3) is 5.91 Å². The molecule has 1 aliphatic heterocycles. The first-order valence-corrected chi connectivity index (χ1v) is 9.70. The second-order valence-electron chi connectivity index (χ2n) is 7.33. The highest BCUT2D eigenvalue weighted by atomic mass is 16.3. The van der Waals surface area contributed by atoms with Crippen molar-refractivity contribution in [2.45, 2.75) is 5.54 Å². The van der Waals surface area contributed by atoms with Crippen LogP contribution < -0.4 is 4.90 Å². The molecule has 30 heavy (non-hydrogen) atoms. The molecular weight excluding hydrogens is 374 g/mol. The Kier molecular flexibility index (Phi) is 4.07. The summed E-state index contributed by atoms with van der Waals surface area (Å²) >= 11 is 0. The average Bonchev–Trinajstić information content (AvgIpc) is 3.05. The van der Waals surface area contributed by atoms with Crippen molar-refractivity contribution in [3.63, 3.8) is 0 Å². The average molecular weight is 393 g/mol. The van der Waals surface area contributed by atoms with Crippen molar-refractivity contribution in [1.82, 2.24) is 0 Å². The molecule has 0 spiro atoms. The normalized spacial score (nSPS) is 14.5. The van der Waals surface area contributed by atoms with Gasteiger partial charge in [-0.3, -0.25) is 9.69 Å². The summed E-state index contributed by atoms with van der Waals surface area (Å²) in [5.74, 6) is 0.213. The SMILES string of the molecule is O=C1c2ccccc2C(c2ccc(O)cc2)(c2ccc(O)cc2)N1c1ccccc1. The van der Waals surface area contributed by atoms with Crippen LogP contribution in [0.3, 0.4) is 0 Å². The van der Waals surface area contributed by atoms with E-state index in [1.807, 2.05) is 78.9 Å². The maximum absolute atomic E-state index is 13.7. The van der Waals surface area contributed by atoms with E-state index in [9.17, 15) is 15.0 Å². The fourth-order valence-electron chi connectivity index (χ4n) is 4.41. The van der Waals surface area contributed by atoms with Gasteiger partial charge in [0.05, 0.1) is 0 Å². The Morgan fingerprint density at radius 2 is 1.10 bits per heavy atom. The van der Waals surface area contributed by atoms with E-state index < -0.39 is 5.54 Å². The molecule has 0 saturated carbocycles. The first-order chi connectivity index (χ1) is 14.6. The number of anilines is 1. The Hall–Kier alpha value is -4.05. The standard InChI is InChI=1S/C26H19NO3/c28-21-14-10-18(11-15-21)26(19-12-16-22(29)17-13-19)24-9-5-4-8-23(24)25(30)27(26)20-6-2-1-3-7-20/h1-17,28-29H. The van der Waals surface area contributed by atoms with Crippen LogP contribution in [-0.4, -0.2) is 16.1 Å². The smallest absolute Gasteiger partial charge is 0.260 e. The minimum atomic E-state index is -0.948. The van der Waals surface area contributed by atoms with Gasteiger partial charge in [0.2, 0.25) is 0 Å². The summed E-state index contributed by atoms with van der Waals surface area (Å²) in [5, 5.41) is 19.8. The number of phenols is 2. The van der Waals surface area contributed by atoms with Crippen LogP contribution in [0.25, 0.3) is 0 Å². The van der Waals surface area contributed by atoms with Gasteiger partial charge in [-0.25, -0.2) is 0 Å². The summed E-state index contributed by atoms with van der Waals surface area (Å²) in [6.07, 6.45) is 0. The van der Waals surface area contributed by atoms with Gasteiger partial charge in [0.1, 0.15) is 17.0 Å². The molecule has 1 aliphatic rings. The number of benzene rings is 4. The third-order valence-corrected chi connectivity index (χ3v) is 5.67. The molecule has 0 saturated heterocycles. The van der Waals surface area contributed by atoms with Crippen molar-refractivity contribution in [1.29, 1.82) is 0 Å². The maximum Gasteiger partial charge on any atom is 0.260 e. The molecule has 146 valence electrons. The van der Waals surface area contributed by atoms with Gasteiger partial charge in [-0.05, 0) is 59.2 Å². The molecule has 4 heteroatoms. The van der Waals surface area contributed by atoms with Crippen LogP contribution in [0.15, 0.2) is 103 Å². The number of aromatic hydroxyl groups is 2. The van der Waals surface area contributed by atoms with Crippen molar-refractivity contribution in [3.05, 3.63) is 125 Å². The van der Waals surface area contributed by atoms with Gasteiger partial charge in [-0.15, -0.1) is 0 Å². The lowest BCUT2D eigenvalue weighted by molar-refractivity contribution is 0.0986. The fourth-order valence-corrected chi connectivity index (χ4v) is 4.41. The summed E-state index contributed by atoms with van der Waals surface area (Å²) in [5.41, 5.74) is 2.98. The summed E-state index contributed by atoms with van der Waals surface area (Å²) in [6, 6.07) is 31.1. The third kappa shape index (κ3) is 2.51. The monoisotopic (exact) mass is 393 g/mol. The van der Waals surface area contributed by atoms with Crippen molar-refractivity contribution in [3.8, 4) is 11.5 Å². The van der Waals surface area contributed by atoms with E-state index in [2.05, 4.69) is 0 Å². The van der Waals surface area contributed by atoms with E-state index in [0.717, 1.165) is 22.4 Å². The Bertz CT molecular complexity index is 1170. The Labute approximate surface area is 174 Å². The van der Waals surface area contributed by atoms with E-state index in [1.54, 1.807) is 29.2 Å². The molecule has 0 atom stereocenters. The molecule has 5 rings (SSSR count). The Morgan fingerprint density at radius 1 is 0.600 bits per heavy atom. The fraction of sp³-hybridized carbons (Fsp3) is 0.0385. The number of amides is 1. The molecule has 2 N–H and O–H groups in total. The highest BCUT2D eigenvalue weighted by molar-refractivity contribution is 6.13. The summed E-state index contributed by atoms with van der Waals surface area (Å²) < 4.78 is 0. The molecule has 0 unspecified atom stereocenters. The van der Waals surface area contributed by atoms with Gasteiger partial charge in [-0.1, -0.05) is 60.7 Å². The largest absolute Gasteiger partial charge is 0.508 e. The Morgan fingerprint density at radius 3 is 1.67 bits per heavy atom. The number of carbonyl (C=O) groups excluding carboxylic acids is 1. The molecular formula is C26H19NO3. The van der Waals surface area contributed by atoms with Crippen LogP contribution in [0.5, 0.6) is 11.5 Å². The topological polar surface area (TPSA) is 60.8 Å². The van der Waals surface area contributed by atoms with Crippen LogP contribution in [0.4, 0.5) is 5.69 Å².